The van der Waals surface area contributed by atoms with Crippen molar-refractivity contribution < 1.29 is 37.6 Å². The second-order valence-electron chi connectivity index (χ2n) is 24.0. The van der Waals surface area contributed by atoms with E-state index in [2.05, 4.69) is 123 Å². The molecule has 0 aromatic rings. The lowest BCUT2D eigenvalue weighted by molar-refractivity contribution is -0.161. The predicted molar refractivity (Wildman–Crippen MR) is 376 cm³/mol. The van der Waals surface area contributed by atoms with Crippen molar-refractivity contribution in [2.45, 2.75) is 341 Å². The fourth-order valence-corrected chi connectivity index (χ4v) is 11.1. The van der Waals surface area contributed by atoms with E-state index in [0.717, 1.165) is 103 Å². The van der Waals surface area contributed by atoms with Crippen molar-refractivity contribution in [2.75, 3.05) is 26.4 Å². The first kappa shape index (κ1) is 83.7. The van der Waals surface area contributed by atoms with Crippen LogP contribution in [0.5, 0.6) is 0 Å². The van der Waals surface area contributed by atoms with Gasteiger partial charge in [0.05, 0.1) is 13.2 Å². The highest BCUT2D eigenvalue weighted by molar-refractivity contribution is 7.47. The number of nitrogens with two attached hydrogens (primary N) is 1. The second-order valence-corrected chi connectivity index (χ2v) is 25.5. The minimum absolute atomic E-state index is 0.0499. The van der Waals surface area contributed by atoms with Gasteiger partial charge in [0.1, 0.15) is 6.61 Å². The summed E-state index contributed by atoms with van der Waals surface area (Å²) in [7, 11) is -4.40. The summed E-state index contributed by atoms with van der Waals surface area (Å²) in [6.45, 7) is 3.54. The average molecular weight is 1230 g/mol. The van der Waals surface area contributed by atoms with Crippen LogP contribution in [-0.2, 0) is 32.7 Å². The van der Waals surface area contributed by atoms with Crippen LogP contribution in [0, 0.1) is 0 Å². The van der Waals surface area contributed by atoms with E-state index in [-0.39, 0.29) is 38.6 Å². The molecule has 0 aromatic heterocycles. The van der Waals surface area contributed by atoms with Gasteiger partial charge in [-0.25, -0.2) is 4.57 Å². The van der Waals surface area contributed by atoms with Gasteiger partial charge in [0.2, 0.25) is 0 Å². The molecule has 0 bridgehead atoms. The molecule has 2 unspecified atom stereocenters. The lowest BCUT2D eigenvalue weighted by Crippen LogP contribution is -2.29. The first-order valence-electron chi connectivity index (χ1n) is 36.4. The molecule has 0 fully saturated rings. The van der Waals surface area contributed by atoms with Gasteiger partial charge in [-0.1, -0.05) is 335 Å². The SMILES string of the molecule is CC/C=C\C/C=C\C/C=C\C/C=C\C/C=C\CCCCCCCCCCCC(=O)OC(COC(=O)CCCCCCCCCCCCCCCCCCCCCCCCCCCCCC/C=C\C/C=C\C/C=C\C/C=C\CC)COP(=O)(O)OCCN. The van der Waals surface area contributed by atoms with Gasteiger partial charge < -0.3 is 20.1 Å². The third kappa shape index (κ3) is 71.6. The maximum Gasteiger partial charge on any atom is 0.472 e. The molecule has 0 aliphatic carbocycles. The molecule has 0 saturated heterocycles. The van der Waals surface area contributed by atoms with E-state index in [1.165, 1.54) is 199 Å². The number of esters is 2. The van der Waals surface area contributed by atoms with Crippen molar-refractivity contribution in [1.82, 2.24) is 0 Å². The Morgan fingerprint density at radius 3 is 0.885 bits per heavy atom. The summed E-state index contributed by atoms with van der Waals surface area (Å²) in [5.74, 6) is -0.825. The highest BCUT2D eigenvalue weighted by Gasteiger charge is 2.26. The van der Waals surface area contributed by atoms with Crippen molar-refractivity contribution >= 4 is 19.8 Å². The lowest BCUT2D eigenvalue weighted by atomic mass is 10.0. The fraction of sp³-hybridized carbons (Fsp3) is 0.740. The topological polar surface area (TPSA) is 134 Å². The minimum Gasteiger partial charge on any atom is -0.462 e. The Hall–Kier alpha value is -3.33. The Kier molecular flexibility index (Phi) is 69.0. The molecule has 10 heteroatoms. The molecule has 9 nitrogen and oxygen atoms in total. The van der Waals surface area contributed by atoms with E-state index in [0.29, 0.717) is 6.42 Å². The first-order chi connectivity index (χ1) is 42.8. The van der Waals surface area contributed by atoms with Crippen LogP contribution in [0.25, 0.3) is 0 Å². The van der Waals surface area contributed by atoms with E-state index in [9.17, 15) is 19.0 Å². The van der Waals surface area contributed by atoms with E-state index in [4.69, 9.17) is 24.3 Å². The maximum atomic E-state index is 12.8. The van der Waals surface area contributed by atoms with Gasteiger partial charge in [0.25, 0.3) is 0 Å². The average Bonchev–Trinajstić information content (AvgIpc) is 3.64. The Labute approximate surface area is 537 Å². The highest BCUT2D eigenvalue weighted by Crippen LogP contribution is 2.43. The van der Waals surface area contributed by atoms with Crippen LogP contribution < -0.4 is 5.73 Å². The molecule has 0 radical (unpaired) electrons. The van der Waals surface area contributed by atoms with Crippen molar-refractivity contribution in [3.05, 3.63) is 109 Å². The number of hydrogen-bond acceptors (Lipinski definition) is 8. The zero-order valence-electron chi connectivity index (χ0n) is 56.5. The zero-order chi connectivity index (χ0) is 63.0. The number of hydrogen-bond donors (Lipinski definition) is 2. The lowest BCUT2D eigenvalue weighted by Gasteiger charge is -2.19. The summed E-state index contributed by atoms with van der Waals surface area (Å²) in [6.07, 6.45) is 99.2. The molecule has 0 aromatic carbocycles. The maximum absolute atomic E-state index is 12.8. The number of carbonyl (C=O) groups is 2. The molecule has 0 heterocycles. The summed E-state index contributed by atoms with van der Waals surface area (Å²) >= 11 is 0. The van der Waals surface area contributed by atoms with Crippen LogP contribution in [0.3, 0.4) is 0 Å². The number of unbranched alkanes of at least 4 members (excludes halogenated alkanes) is 37. The van der Waals surface area contributed by atoms with E-state index >= 15 is 0 Å². The monoisotopic (exact) mass is 1230 g/mol. The summed E-state index contributed by atoms with van der Waals surface area (Å²) in [6, 6.07) is 0. The molecule has 0 spiro atoms. The molecule has 0 aliphatic rings. The highest BCUT2D eigenvalue weighted by atomic mass is 31.2. The molecule has 0 rings (SSSR count). The summed E-state index contributed by atoms with van der Waals surface area (Å²) in [5, 5.41) is 0. The third-order valence-corrected chi connectivity index (χ3v) is 16.6. The molecule has 0 saturated carbocycles. The van der Waals surface area contributed by atoms with Crippen LogP contribution in [0.4, 0.5) is 0 Å². The molecule has 2 atom stereocenters. The normalized spacial score (nSPS) is 13.6. The number of phosphoric acid groups is 1. The minimum atomic E-state index is -4.40. The van der Waals surface area contributed by atoms with Crippen molar-refractivity contribution in [3.8, 4) is 0 Å². The van der Waals surface area contributed by atoms with Crippen LogP contribution >= 0.6 is 7.82 Å². The van der Waals surface area contributed by atoms with Crippen molar-refractivity contribution in [3.63, 3.8) is 0 Å². The number of rotatable bonds is 68. The van der Waals surface area contributed by atoms with Gasteiger partial charge in [-0.15, -0.1) is 0 Å². The van der Waals surface area contributed by atoms with Gasteiger partial charge in [-0.05, 0) is 96.3 Å². The molecule has 87 heavy (non-hydrogen) atoms. The second kappa shape index (κ2) is 71.7. The molecule has 502 valence electrons. The van der Waals surface area contributed by atoms with Gasteiger partial charge in [-0.3, -0.25) is 18.6 Å². The van der Waals surface area contributed by atoms with Gasteiger partial charge in [0, 0.05) is 19.4 Å². The molecule has 3 N–H and O–H groups in total. The quantitative estimate of drug-likeness (QED) is 0.0264. The molecular formula is C77H136NO8P. The van der Waals surface area contributed by atoms with Crippen molar-refractivity contribution in [1.29, 1.82) is 0 Å². The van der Waals surface area contributed by atoms with Gasteiger partial charge in [-0.2, -0.15) is 0 Å². The van der Waals surface area contributed by atoms with Gasteiger partial charge >= 0.3 is 19.8 Å². The summed E-state index contributed by atoms with van der Waals surface area (Å²) < 4.78 is 33.2. The Morgan fingerprint density at radius 1 is 0.345 bits per heavy atom. The smallest absolute Gasteiger partial charge is 0.462 e. The number of carbonyl (C=O) groups excluding carboxylic acids is 2. The zero-order valence-corrected chi connectivity index (χ0v) is 57.4. The number of phosphoric ester groups is 1. The van der Waals surface area contributed by atoms with Crippen LogP contribution in [0.1, 0.15) is 335 Å². The molecule has 0 aliphatic heterocycles. The standard InChI is InChI=1S/C77H136NO8P/c1-3-5-7-9-11-13-15-17-19-21-23-25-27-29-30-31-32-33-34-35-36-37-38-39-40-41-42-43-44-46-47-49-51-53-55-57-59-61-63-65-67-69-76(79)83-73-75(74-85-87(81,82)84-72-71-78)86-77(80)70-68-66-64-62-60-58-56-54-52-50-48-45-28-26-24-22-20-18-16-14-12-10-8-6-4-2/h5-8,11-14,17-20,23-26,45,48,75H,3-4,9-10,15-16,21-22,27-44,46-47,49-74,78H2,1-2H3,(H,81,82)/b7-5-,8-6-,13-11-,14-12-,19-17-,20-18-,25-23-,26-24-,48-45-. The van der Waals surface area contributed by atoms with Crippen LogP contribution in [0.2, 0.25) is 0 Å². The molecular weight excluding hydrogens is 1100 g/mol. The van der Waals surface area contributed by atoms with Crippen LogP contribution in [-0.4, -0.2) is 49.3 Å². The summed E-state index contributed by atoms with van der Waals surface area (Å²) in [5.41, 5.74) is 5.40. The van der Waals surface area contributed by atoms with Gasteiger partial charge in [0.15, 0.2) is 6.10 Å². The van der Waals surface area contributed by atoms with E-state index in [1.54, 1.807) is 0 Å². The van der Waals surface area contributed by atoms with Crippen LogP contribution in [0.15, 0.2) is 109 Å². The van der Waals surface area contributed by atoms with Crippen molar-refractivity contribution in [2.24, 2.45) is 5.73 Å². The third-order valence-electron chi connectivity index (χ3n) is 15.7. The molecule has 0 amide bonds. The summed E-state index contributed by atoms with van der Waals surface area (Å²) in [4.78, 5) is 35.4. The van der Waals surface area contributed by atoms with E-state index < -0.39 is 26.5 Å². The largest absolute Gasteiger partial charge is 0.472 e. The fourth-order valence-electron chi connectivity index (χ4n) is 10.4. The van der Waals surface area contributed by atoms with E-state index in [1.807, 2.05) is 0 Å². The first-order valence-corrected chi connectivity index (χ1v) is 37.9. The number of allylic oxidation sites excluding steroid dienone is 18. The Morgan fingerprint density at radius 2 is 0.598 bits per heavy atom. The Bertz CT molecular complexity index is 1800. The predicted octanol–water partition coefficient (Wildman–Crippen LogP) is 24.1. The Balaban J connectivity index is 3.79. The number of ether oxygens (including phenoxy) is 2.